The molecule has 0 saturated carbocycles. The Morgan fingerprint density at radius 3 is 2.13 bits per heavy atom. The lowest BCUT2D eigenvalue weighted by atomic mass is 9.71. The van der Waals surface area contributed by atoms with E-state index in [0.717, 1.165) is 32.0 Å². The lowest BCUT2D eigenvalue weighted by Gasteiger charge is -2.63. The van der Waals surface area contributed by atoms with Crippen LogP contribution in [0.15, 0.2) is 22.9 Å². The zero-order chi connectivity index (χ0) is 22.7. The summed E-state index contributed by atoms with van der Waals surface area (Å²) < 4.78 is 41.8. The van der Waals surface area contributed by atoms with Crippen molar-refractivity contribution in [3.8, 4) is 11.4 Å². The molecule has 2 N–H and O–H groups in total. The van der Waals surface area contributed by atoms with Crippen LogP contribution in [0.2, 0.25) is 0 Å². The molecule has 2 aliphatic rings. The van der Waals surface area contributed by atoms with Gasteiger partial charge in [0.05, 0.1) is 0 Å². The van der Waals surface area contributed by atoms with Crippen LogP contribution in [0.3, 0.4) is 0 Å². The number of rotatable bonds is 2. The first-order valence-electron chi connectivity index (χ1n) is 9.30. The lowest BCUT2D eigenvalue weighted by molar-refractivity contribution is -0.159. The van der Waals surface area contributed by atoms with Gasteiger partial charge in [-0.05, 0) is 40.0 Å². The predicted molar refractivity (Wildman–Crippen MR) is 106 cm³/mol. The molecule has 8 nitrogen and oxygen atoms in total. The van der Waals surface area contributed by atoms with Gasteiger partial charge in [0.1, 0.15) is 12.6 Å². The van der Waals surface area contributed by atoms with Gasteiger partial charge in [0, 0.05) is 48.9 Å². The molecule has 2 fully saturated rings. The molecule has 0 unspecified atom stereocenters. The summed E-state index contributed by atoms with van der Waals surface area (Å²) in [6.07, 6.45) is -3.16. The lowest BCUT2D eigenvalue weighted by Crippen LogP contribution is -2.75. The van der Waals surface area contributed by atoms with E-state index >= 15 is 0 Å². The van der Waals surface area contributed by atoms with Gasteiger partial charge in [-0.3, -0.25) is 4.90 Å². The normalized spacial score (nSPS) is 17.8. The summed E-state index contributed by atoms with van der Waals surface area (Å²) >= 11 is 0. The predicted octanol–water partition coefficient (Wildman–Crippen LogP) is 2.46. The smallest absolute Gasteiger partial charge is 0.355 e. The maximum absolute atomic E-state index is 12.5. The summed E-state index contributed by atoms with van der Waals surface area (Å²) in [4.78, 5) is 20.4. The fourth-order valence-electron chi connectivity index (χ4n) is 3.52. The monoisotopic (exact) mass is 428 g/mol. The highest BCUT2D eigenvalue weighted by Gasteiger charge is 2.54. The van der Waals surface area contributed by atoms with E-state index in [0.29, 0.717) is 11.0 Å². The minimum atomic E-state index is -4.64. The van der Waals surface area contributed by atoms with Crippen molar-refractivity contribution in [2.45, 2.75) is 32.5 Å². The van der Waals surface area contributed by atoms with Crippen molar-refractivity contribution in [2.75, 3.05) is 38.1 Å². The summed E-state index contributed by atoms with van der Waals surface area (Å²) in [7, 11) is 1.50. The molecule has 4 rings (SSSR count). The molecule has 0 amide bonds. The first kappa shape index (κ1) is 23.7. The molecule has 0 atom stereocenters. The molecule has 0 radical (unpaired) electrons. The Labute approximate surface area is 173 Å². The van der Waals surface area contributed by atoms with Gasteiger partial charge in [-0.2, -0.15) is 18.2 Å². The molecule has 0 aliphatic carbocycles. The van der Waals surface area contributed by atoms with Crippen molar-refractivity contribution < 1.29 is 22.5 Å². The number of nitrogens with two attached hydrogens (primary N) is 1. The van der Waals surface area contributed by atoms with Gasteiger partial charge < -0.3 is 20.0 Å². The molecule has 1 spiro atoms. The molecular formula is C19H27F3N6O2. The van der Waals surface area contributed by atoms with E-state index in [-0.39, 0.29) is 11.4 Å². The van der Waals surface area contributed by atoms with Crippen molar-refractivity contribution in [1.29, 1.82) is 0 Å². The number of hydrogen-bond acceptors (Lipinski definition) is 8. The summed E-state index contributed by atoms with van der Waals surface area (Å²) in [6.45, 7) is 12.7. The van der Waals surface area contributed by atoms with Crippen LogP contribution in [0.4, 0.5) is 19.0 Å². The number of aromatic nitrogens is 3. The second-order valence-electron chi connectivity index (χ2n) is 8.21. The first-order valence-corrected chi connectivity index (χ1v) is 9.30. The molecule has 166 valence electrons. The SMILES string of the molecule is C=O.CC(C)(C)N1CC2(CN(c3ccc(-c4noc(C(F)(F)F)n4)cn3)C2)C1.CN. The van der Waals surface area contributed by atoms with E-state index in [4.69, 9.17) is 4.79 Å². The first-order chi connectivity index (χ1) is 14.1. The Kier molecular flexibility index (Phi) is 6.87. The minimum Gasteiger partial charge on any atom is -0.355 e. The van der Waals surface area contributed by atoms with Gasteiger partial charge in [0.25, 0.3) is 0 Å². The number of pyridine rings is 1. The third kappa shape index (κ3) is 4.78. The third-order valence-electron chi connectivity index (χ3n) is 5.05. The Morgan fingerprint density at radius 1 is 1.10 bits per heavy atom. The zero-order valence-electron chi connectivity index (χ0n) is 17.5. The number of carbonyl (C=O) groups excluding carboxylic acids is 1. The van der Waals surface area contributed by atoms with Gasteiger partial charge in [0.2, 0.25) is 5.82 Å². The number of likely N-dealkylation sites (tertiary alicyclic amines) is 1. The second-order valence-corrected chi connectivity index (χ2v) is 8.21. The number of anilines is 1. The Hall–Kier alpha value is -2.53. The standard InChI is InChI=1S/C17H20F3N5O.CH5N.CH2O/c1-15(2,3)25-9-16(10-25)7-24(8-16)12-5-4-11(6-21-12)13-22-14(26-23-13)17(18,19)20;2*1-2/h4-6H,7-10H2,1-3H3;2H2,1H3;1H2. The van der Waals surface area contributed by atoms with Gasteiger partial charge in [-0.25, -0.2) is 4.98 Å². The van der Waals surface area contributed by atoms with Crippen LogP contribution in [0.5, 0.6) is 0 Å². The van der Waals surface area contributed by atoms with Crippen molar-refractivity contribution in [1.82, 2.24) is 20.0 Å². The highest BCUT2D eigenvalue weighted by Crippen LogP contribution is 2.44. The zero-order valence-corrected chi connectivity index (χ0v) is 17.5. The van der Waals surface area contributed by atoms with Crippen LogP contribution in [-0.2, 0) is 11.0 Å². The number of nitrogens with zero attached hydrogens (tertiary/aromatic N) is 5. The molecule has 2 saturated heterocycles. The van der Waals surface area contributed by atoms with Crippen molar-refractivity contribution in [2.24, 2.45) is 11.1 Å². The molecule has 0 bridgehead atoms. The molecule has 0 aromatic carbocycles. The Morgan fingerprint density at radius 2 is 1.70 bits per heavy atom. The van der Waals surface area contributed by atoms with Crippen LogP contribution >= 0.6 is 0 Å². The Balaban J connectivity index is 0.000000757. The summed E-state index contributed by atoms with van der Waals surface area (Å²) in [5, 5.41) is 3.37. The topological polar surface area (TPSA) is 101 Å². The molecule has 2 aromatic heterocycles. The van der Waals surface area contributed by atoms with E-state index in [9.17, 15) is 13.2 Å². The summed E-state index contributed by atoms with van der Waals surface area (Å²) in [5.41, 5.74) is 5.44. The number of halogens is 3. The van der Waals surface area contributed by atoms with E-state index in [1.165, 1.54) is 13.2 Å². The molecule has 30 heavy (non-hydrogen) atoms. The highest BCUT2D eigenvalue weighted by atomic mass is 19.4. The molecule has 2 aromatic rings. The van der Waals surface area contributed by atoms with Gasteiger partial charge >= 0.3 is 12.1 Å². The van der Waals surface area contributed by atoms with Crippen LogP contribution in [0.1, 0.15) is 26.7 Å². The molecule has 2 aliphatic heterocycles. The summed E-state index contributed by atoms with van der Waals surface area (Å²) in [5.74, 6) is -0.654. The van der Waals surface area contributed by atoms with Gasteiger partial charge in [-0.15, -0.1) is 0 Å². The molecular weight excluding hydrogens is 401 g/mol. The minimum absolute atomic E-state index is 0.115. The Bertz CT molecular complexity index is 818. The van der Waals surface area contributed by atoms with Gasteiger partial charge in [0.15, 0.2) is 0 Å². The van der Waals surface area contributed by atoms with Gasteiger partial charge in [-0.1, -0.05) is 5.16 Å². The fourth-order valence-corrected chi connectivity index (χ4v) is 3.52. The second kappa shape index (κ2) is 8.68. The largest absolute Gasteiger partial charge is 0.471 e. The van der Waals surface area contributed by atoms with Crippen LogP contribution in [0, 0.1) is 5.41 Å². The van der Waals surface area contributed by atoms with Crippen LogP contribution < -0.4 is 10.6 Å². The van der Waals surface area contributed by atoms with Crippen molar-refractivity contribution in [3.63, 3.8) is 0 Å². The van der Waals surface area contributed by atoms with Crippen LogP contribution in [-0.4, -0.2) is 65.6 Å². The van der Waals surface area contributed by atoms with Crippen molar-refractivity contribution in [3.05, 3.63) is 24.2 Å². The quantitative estimate of drug-likeness (QED) is 0.779. The maximum Gasteiger partial charge on any atom is 0.471 e. The van der Waals surface area contributed by atoms with Crippen LogP contribution in [0.25, 0.3) is 11.4 Å². The van der Waals surface area contributed by atoms with E-state index in [1.807, 2.05) is 6.79 Å². The maximum atomic E-state index is 12.5. The number of alkyl halides is 3. The van der Waals surface area contributed by atoms with E-state index in [1.54, 1.807) is 12.1 Å². The highest BCUT2D eigenvalue weighted by molar-refractivity contribution is 5.56. The van der Waals surface area contributed by atoms with Crippen molar-refractivity contribution >= 4 is 12.6 Å². The average molecular weight is 428 g/mol. The average Bonchev–Trinajstić information content (AvgIpc) is 3.13. The third-order valence-corrected chi connectivity index (χ3v) is 5.05. The number of carbonyl (C=O) groups is 1. The van der Waals surface area contributed by atoms with E-state index in [2.05, 4.69) is 56.0 Å². The summed E-state index contributed by atoms with van der Waals surface area (Å²) in [6, 6.07) is 3.45. The molecule has 11 heteroatoms. The van der Waals surface area contributed by atoms with E-state index < -0.39 is 12.1 Å². The fraction of sp³-hybridized carbons (Fsp3) is 0.579. The molecule has 4 heterocycles. The number of hydrogen-bond donors (Lipinski definition) is 1.